The third-order valence-electron chi connectivity index (χ3n) is 2.59. The molecule has 2 N–H and O–H groups in total. The van der Waals surface area contributed by atoms with Crippen LogP contribution < -0.4 is 5.73 Å². The lowest BCUT2D eigenvalue weighted by molar-refractivity contribution is -0.119. The van der Waals surface area contributed by atoms with Crippen LogP contribution in [0.4, 0.5) is 0 Å². The van der Waals surface area contributed by atoms with Gasteiger partial charge >= 0.3 is 0 Å². The summed E-state index contributed by atoms with van der Waals surface area (Å²) >= 11 is 3.39. The average molecular weight is 324 g/mol. The topological polar surface area (TPSA) is 72.4 Å². The number of primary amides is 1. The predicted molar refractivity (Wildman–Crippen MR) is 74.0 cm³/mol. The van der Waals surface area contributed by atoms with E-state index in [1.165, 1.54) is 0 Å². The second-order valence-electron chi connectivity index (χ2n) is 4.27. The number of hydrogen-bond donors (Lipinski definition) is 1. The molecule has 100 valence electrons. The van der Waals surface area contributed by atoms with Gasteiger partial charge in [-0.3, -0.25) is 9.69 Å². The Morgan fingerprint density at radius 1 is 1.26 bits per heavy atom. The SMILES string of the molecule is NC(=O)CN(Cc1ccc(Br)cc1)Cc1cnoc1. The van der Waals surface area contributed by atoms with E-state index >= 15 is 0 Å². The standard InChI is InChI=1S/C13H14BrN3O2/c14-12-3-1-10(2-4-12)6-17(8-13(15)18)7-11-5-16-19-9-11/h1-5,9H,6-8H2,(H2,15,18). The van der Waals surface area contributed by atoms with E-state index in [4.69, 9.17) is 10.3 Å². The summed E-state index contributed by atoms with van der Waals surface area (Å²) < 4.78 is 5.81. The number of carbonyl (C=O) groups is 1. The molecule has 19 heavy (non-hydrogen) atoms. The summed E-state index contributed by atoms with van der Waals surface area (Å²) in [5.41, 5.74) is 7.30. The van der Waals surface area contributed by atoms with Gasteiger partial charge in [-0.05, 0) is 17.7 Å². The monoisotopic (exact) mass is 323 g/mol. The molecule has 0 fully saturated rings. The number of nitrogens with zero attached hydrogens (tertiary/aromatic N) is 2. The third-order valence-corrected chi connectivity index (χ3v) is 3.12. The fourth-order valence-electron chi connectivity index (χ4n) is 1.80. The lowest BCUT2D eigenvalue weighted by atomic mass is 10.2. The Balaban J connectivity index is 2.04. The minimum absolute atomic E-state index is 0.196. The van der Waals surface area contributed by atoms with Crippen LogP contribution in [-0.4, -0.2) is 22.5 Å². The molecular weight excluding hydrogens is 310 g/mol. The number of rotatable bonds is 6. The van der Waals surface area contributed by atoms with Gasteiger partial charge in [0.15, 0.2) is 0 Å². The molecule has 0 bridgehead atoms. The number of halogens is 1. The van der Waals surface area contributed by atoms with Gasteiger partial charge in [0, 0.05) is 23.1 Å². The average Bonchev–Trinajstić information content (AvgIpc) is 2.84. The van der Waals surface area contributed by atoms with Gasteiger partial charge in [-0.1, -0.05) is 33.2 Å². The second-order valence-corrected chi connectivity index (χ2v) is 5.19. The van der Waals surface area contributed by atoms with Crippen LogP contribution in [0, 0.1) is 0 Å². The highest BCUT2D eigenvalue weighted by atomic mass is 79.9. The summed E-state index contributed by atoms with van der Waals surface area (Å²) in [7, 11) is 0. The number of aromatic nitrogens is 1. The van der Waals surface area contributed by atoms with Crippen molar-refractivity contribution < 1.29 is 9.32 Å². The van der Waals surface area contributed by atoms with Crippen LogP contribution >= 0.6 is 15.9 Å². The van der Waals surface area contributed by atoms with E-state index in [0.29, 0.717) is 13.1 Å². The third kappa shape index (κ3) is 4.50. The quantitative estimate of drug-likeness (QED) is 0.881. The first-order chi connectivity index (χ1) is 9.13. The Morgan fingerprint density at radius 3 is 2.53 bits per heavy atom. The molecule has 1 heterocycles. The molecular formula is C13H14BrN3O2. The van der Waals surface area contributed by atoms with Crippen molar-refractivity contribution in [1.29, 1.82) is 0 Å². The molecule has 1 aromatic carbocycles. The van der Waals surface area contributed by atoms with Crippen LogP contribution in [0.2, 0.25) is 0 Å². The Morgan fingerprint density at radius 2 is 1.95 bits per heavy atom. The molecule has 0 aliphatic heterocycles. The Hall–Kier alpha value is -1.66. The number of hydrogen-bond acceptors (Lipinski definition) is 4. The Bertz CT molecular complexity index is 525. The first kappa shape index (κ1) is 13.8. The van der Waals surface area contributed by atoms with Crippen LogP contribution in [-0.2, 0) is 17.9 Å². The van der Waals surface area contributed by atoms with Crippen LogP contribution in [0.3, 0.4) is 0 Å². The highest BCUT2D eigenvalue weighted by Crippen LogP contribution is 2.13. The summed E-state index contributed by atoms with van der Waals surface area (Å²) in [6.45, 7) is 1.41. The fourth-order valence-corrected chi connectivity index (χ4v) is 2.06. The minimum Gasteiger partial charge on any atom is -0.369 e. The van der Waals surface area contributed by atoms with E-state index in [0.717, 1.165) is 15.6 Å². The second kappa shape index (κ2) is 6.49. The van der Waals surface area contributed by atoms with Crippen molar-refractivity contribution in [2.24, 2.45) is 5.73 Å². The lowest BCUT2D eigenvalue weighted by Crippen LogP contribution is -2.32. The molecule has 1 amide bonds. The van der Waals surface area contributed by atoms with E-state index in [2.05, 4.69) is 21.1 Å². The largest absolute Gasteiger partial charge is 0.369 e. The normalized spacial score (nSPS) is 10.8. The smallest absolute Gasteiger partial charge is 0.231 e. The molecule has 0 saturated heterocycles. The van der Waals surface area contributed by atoms with Crippen molar-refractivity contribution in [2.45, 2.75) is 13.1 Å². The molecule has 0 aliphatic carbocycles. The number of amides is 1. The van der Waals surface area contributed by atoms with Gasteiger partial charge in [0.2, 0.25) is 5.91 Å². The molecule has 0 saturated carbocycles. The van der Waals surface area contributed by atoms with Gasteiger partial charge in [0.05, 0.1) is 12.7 Å². The van der Waals surface area contributed by atoms with Crippen LogP contribution in [0.1, 0.15) is 11.1 Å². The highest BCUT2D eigenvalue weighted by molar-refractivity contribution is 9.10. The fraction of sp³-hybridized carbons (Fsp3) is 0.231. The van der Waals surface area contributed by atoms with Gasteiger partial charge in [-0.15, -0.1) is 0 Å². The van der Waals surface area contributed by atoms with E-state index in [1.807, 2.05) is 29.2 Å². The molecule has 0 unspecified atom stereocenters. The van der Waals surface area contributed by atoms with Crippen LogP contribution in [0.5, 0.6) is 0 Å². The van der Waals surface area contributed by atoms with Crippen molar-refractivity contribution >= 4 is 21.8 Å². The van der Waals surface area contributed by atoms with Gasteiger partial charge in [-0.2, -0.15) is 0 Å². The maximum atomic E-state index is 11.1. The molecule has 5 nitrogen and oxygen atoms in total. The summed E-state index contributed by atoms with van der Waals surface area (Å²) in [5.74, 6) is -0.353. The first-order valence-electron chi connectivity index (χ1n) is 5.77. The predicted octanol–water partition coefficient (Wildman–Crippen LogP) is 1.92. The highest BCUT2D eigenvalue weighted by Gasteiger charge is 2.11. The molecule has 6 heteroatoms. The summed E-state index contributed by atoms with van der Waals surface area (Å²) in [6.07, 6.45) is 3.20. The van der Waals surface area contributed by atoms with Crippen molar-refractivity contribution in [3.63, 3.8) is 0 Å². The lowest BCUT2D eigenvalue weighted by Gasteiger charge is -2.19. The van der Waals surface area contributed by atoms with Crippen molar-refractivity contribution in [3.8, 4) is 0 Å². The summed E-state index contributed by atoms with van der Waals surface area (Å²) in [6, 6.07) is 7.95. The van der Waals surface area contributed by atoms with Crippen LogP contribution in [0.15, 0.2) is 45.7 Å². The number of nitrogens with two attached hydrogens (primary N) is 1. The molecule has 2 aromatic rings. The van der Waals surface area contributed by atoms with Crippen molar-refractivity contribution in [3.05, 3.63) is 52.3 Å². The molecule has 2 rings (SSSR count). The zero-order valence-corrected chi connectivity index (χ0v) is 11.8. The van der Waals surface area contributed by atoms with Gasteiger partial charge in [0.1, 0.15) is 6.26 Å². The zero-order valence-electron chi connectivity index (χ0n) is 10.3. The van der Waals surface area contributed by atoms with Gasteiger partial charge in [-0.25, -0.2) is 0 Å². The van der Waals surface area contributed by atoms with E-state index < -0.39 is 0 Å². The Kier molecular flexibility index (Phi) is 4.70. The number of carbonyl (C=O) groups excluding carboxylic acids is 1. The van der Waals surface area contributed by atoms with Crippen LogP contribution in [0.25, 0.3) is 0 Å². The first-order valence-corrected chi connectivity index (χ1v) is 6.56. The van der Waals surface area contributed by atoms with E-state index in [-0.39, 0.29) is 12.5 Å². The maximum absolute atomic E-state index is 11.1. The molecule has 0 radical (unpaired) electrons. The maximum Gasteiger partial charge on any atom is 0.231 e. The zero-order chi connectivity index (χ0) is 13.7. The minimum atomic E-state index is -0.353. The van der Waals surface area contributed by atoms with E-state index in [1.54, 1.807) is 12.5 Å². The van der Waals surface area contributed by atoms with E-state index in [9.17, 15) is 4.79 Å². The molecule has 1 aromatic heterocycles. The Labute approximate surface area is 119 Å². The molecule has 0 spiro atoms. The summed E-state index contributed by atoms with van der Waals surface area (Å²) in [5, 5.41) is 3.65. The van der Waals surface area contributed by atoms with Gasteiger partial charge in [0.25, 0.3) is 0 Å². The molecule has 0 aliphatic rings. The molecule has 0 atom stereocenters. The van der Waals surface area contributed by atoms with Crippen molar-refractivity contribution in [2.75, 3.05) is 6.54 Å². The number of benzene rings is 1. The van der Waals surface area contributed by atoms with Crippen molar-refractivity contribution in [1.82, 2.24) is 10.1 Å². The van der Waals surface area contributed by atoms with Gasteiger partial charge < -0.3 is 10.3 Å². The summed E-state index contributed by atoms with van der Waals surface area (Å²) in [4.78, 5) is 13.1.